The molecule has 49 valence electrons. The molecule has 1 radical (unpaired) electrons. The van der Waals surface area contributed by atoms with Gasteiger partial charge in [0.05, 0.1) is 6.26 Å². The average molecular weight is 222 g/mol. The number of rotatable bonds is 1. The molecule has 7 heavy (non-hydrogen) atoms. The quantitative estimate of drug-likeness (QED) is 0.579. The van der Waals surface area contributed by atoms with Crippen LogP contribution in [0, 0.1) is 0 Å². The van der Waals surface area contributed by atoms with Crippen molar-refractivity contribution in [3.63, 3.8) is 0 Å². The van der Waals surface area contributed by atoms with Crippen LogP contribution in [0.4, 0.5) is 4.53 Å². The van der Waals surface area contributed by atoms with E-state index in [0.29, 0.717) is 6.26 Å². The van der Waals surface area contributed by atoms with Gasteiger partial charge in [-0.3, -0.25) is 0 Å². The van der Waals surface area contributed by atoms with Gasteiger partial charge in [-0.15, -0.1) is 0 Å². The van der Waals surface area contributed by atoms with Gasteiger partial charge in [0, 0.05) is 22.4 Å². The Balaban J connectivity index is 0. The Hall–Kier alpha value is 0.580. The molecule has 6 heteroatoms. The molecular weight excluding hydrogens is 219 g/mol. The summed E-state index contributed by atoms with van der Waals surface area (Å²) in [6.45, 7) is 0. The summed E-state index contributed by atoms with van der Waals surface area (Å²) >= 11 is 0. The molecule has 0 fully saturated rings. The van der Waals surface area contributed by atoms with Crippen molar-refractivity contribution >= 4 is 10.1 Å². The van der Waals surface area contributed by atoms with Crippen molar-refractivity contribution in [1.29, 1.82) is 0 Å². The third-order valence-electron chi connectivity index (χ3n) is 0.114. The fraction of sp³-hybridized carbons (Fsp3) is 1.00. The maximum Gasteiger partial charge on any atom is 0.295 e. The normalized spacial score (nSPS) is 10.0. The van der Waals surface area contributed by atoms with Crippen LogP contribution in [0.5, 0.6) is 0 Å². The summed E-state index contributed by atoms with van der Waals surface area (Å²) in [6.07, 6.45) is 0.618. The van der Waals surface area contributed by atoms with E-state index in [1.807, 2.05) is 0 Å². The molecule has 0 bridgehead atoms. The van der Waals surface area contributed by atoms with Gasteiger partial charge in [0.1, 0.15) is 0 Å². The molecule has 0 heterocycles. The summed E-state index contributed by atoms with van der Waals surface area (Å²) < 4.78 is 31.6. The average Bonchev–Trinajstić information content (AvgIpc) is 1.35. The third-order valence-corrected chi connectivity index (χ3v) is 0.343. The summed E-state index contributed by atoms with van der Waals surface area (Å²) in [5.41, 5.74) is 0. The summed E-state index contributed by atoms with van der Waals surface area (Å²) in [4.78, 5) is 0. The van der Waals surface area contributed by atoms with E-state index < -0.39 is 10.1 Å². The van der Waals surface area contributed by atoms with E-state index in [9.17, 15) is 12.9 Å². The smallest absolute Gasteiger partial charge is 0.197 e. The van der Waals surface area contributed by atoms with Crippen molar-refractivity contribution in [2.75, 3.05) is 6.26 Å². The Kier molecular flexibility index (Phi) is 5.37. The van der Waals surface area contributed by atoms with Crippen LogP contribution in [0.3, 0.4) is 0 Å². The van der Waals surface area contributed by atoms with Crippen molar-refractivity contribution < 1.29 is 39.7 Å². The van der Waals surface area contributed by atoms with Gasteiger partial charge < -0.3 is 0 Å². The van der Waals surface area contributed by atoms with Crippen LogP contribution in [0.1, 0.15) is 0 Å². The molecule has 0 atom stereocenters. The van der Waals surface area contributed by atoms with Crippen molar-refractivity contribution in [2.45, 2.75) is 0 Å². The minimum absolute atomic E-state index is 0. The Morgan fingerprint density at radius 2 is 1.71 bits per heavy atom. The van der Waals surface area contributed by atoms with Crippen LogP contribution >= 0.6 is 0 Å². The molecule has 0 aliphatic heterocycles. The van der Waals surface area contributed by atoms with Gasteiger partial charge in [-0.1, -0.05) is 4.39 Å². The monoisotopic (exact) mass is 221 g/mol. The molecule has 3 nitrogen and oxygen atoms in total. The zero-order valence-electron chi connectivity index (χ0n) is 3.31. The van der Waals surface area contributed by atoms with Gasteiger partial charge in [0.25, 0.3) is 10.1 Å². The molecule has 0 rings (SSSR count). The Labute approximate surface area is 56.4 Å². The van der Waals surface area contributed by atoms with Crippen LogP contribution in [-0.4, -0.2) is 14.7 Å². The minimum atomic E-state index is -3.83. The Morgan fingerprint density at radius 1 is 1.57 bits per heavy atom. The fourth-order valence-electron chi connectivity index (χ4n) is 0. The van der Waals surface area contributed by atoms with Crippen LogP contribution in [0.25, 0.3) is 0 Å². The van der Waals surface area contributed by atoms with Crippen LogP contribution < -0.4 is 0 Å². The second-order valence-electron chi connectivity index (χ2n) is 0.767. The van der Waals surface area contributed by atoms with Crippen molar-refractivity contribution in [3.05, 3.63) is 0 Å². The second-order valence-corrected chi connectivity index (χ2v) is 2.30. The van der Waals surface area contributed by atoms with Crippen molar-refractivity contribution in [1.82, 2.24) is 0 Å². The predicted molar refractivity (Wildman–Crippen MR) is 17.0 cm³/mol. The Bertz CT molecular complexity index is 117. The number of halogens is 1. The van der Waals surface area contributed by atoms with E-state index in [4.69, 9.17) is 0 Å². The van der Waals surface area contributed by atoms with E-state index >= 15 is 0 Å². The second kappa shape index (κ2) is 3.57. The van der Waals surface area contributed by atoms with Gasteiger partial charge in [0.2, 0.25) is 0 Å². The molecule has 0 aliphatic carbocycles. The first kappa shape index (κ1) is 10.5. The van der Waals surface area contributed by atoms with Gasteiger partial charge in [-0.25, -0.2) is 0 Å². The SMILES string of the molecule is CS(=O)(=O)OF.[Ag]. The van der Waals surface area contributed by atoms with E-state index in [0.717, 1.165) is 0 Å². The summed E-state index contributed by atoms with van der Waals surface area (Å²) in [5.74, 6) is 0. The first-order valence-electron chi connectivity index (χ1n) is 1.06. The molecule has 0 saturated carbocycles. The van der Waals surface area contributed by atoms with E-state index in [-0.39, 0.29) is 22.4 Å². The summed E-state index contributed by atoms with van der Waals surface area (Å²) in [5, 5.41) is 0. The molecular formula is CH3AgFO3S. The predicted octanol–water partition coefficient (Wildman–Crippen LogP) is -0.155. The van der Waals surface area contributed by atoms with E-state index in [1.165, 1.54) is 0 Å². The molecule has 0 saturated heterocycles. The molecule has 0 spiro atoms. The standard InChI is InChI=1S/CH3FO3S.Ag/c1-6(3,4)5-2;/h1H3;. The zero-order chi connectivity index (χ0) is 5.21. The summed E-state index contributed by atoms with van der Waals surface area (Å²) in [7, 11) is -3.83. The molecule has 0 aliphatic rings. The van der Waals surface area contributed by atoms with Gasteiger partial charge in [0.15, 0.2) is 0 Å². The molecule has 0 aromatic rings. The largest absolute Gasteiger partial charge is 0.295 e. The zero-order valence-corrected chi connectivity index (χ0v) is 5.61. The molecule has 0 unspecified atom stereocenters. The molecule has 0 amide bonds. The van der Waals surface area contributed by atoms with Crippen molar-refractivity contribution in [3.8, 4) is 0 Å². The van der Waals surface area contributed by atoms with Crippen LogP contribution in [-0.2, 0) is 36.9 Å². The van der Waals surface area contributed by atoms with Crippen molar-refractivity contribution in [2.24, 2.45) is 0 Å². The first-order valence-corrected chi connectivity index (χ1v) is 2.88. The number of hydrogen-bond donors (Lipinski definition) is 0. The van der Waals surface area contributed by atoms with E-state index in [1.54, 1.807) is 0 Å². The maximum atomic E-state index is 10.4. The van der Waals surface area contributed by atoms with Gasteiger partial charge in [-0.05, 0) is 4.53 Å². The Morgan fingerprint density at radius 3 is 1.71 bits per heavy atom. The minimum Gasteiger partial charge on any atom is -0.197 e. The molecule has 0 aromatic carbocycles. The molecule has 0 aromatic heterocycles. The fourth-order valence-corrected chi connectivity index (χ4v) is 0. The molecule has 0 N–H and O–H groups in total. The summed E-state index contributed by atoms with van der Waals surface area (Å²) in [6, 6.07) is 0. The van der Waals surface area contributed by atoms with Gasteiger partial charge in [-0.2, -0.15) is 8.42 Å². The van der Waals surface area contributed by atoms with Crippen LogP contribution in [0.15, 0.2) is 0 Å². The van der Waals surface area contributed by atoms with Crippen LogP contribution in [0.2, 0.25) is 0 Å². The maximum absolute atomic E-state index is 10.4. The first-order chi connectivity index (χ1) is 2.56. The number of hydrogen-bond acceptors (Lipinski definition) is 3. The van der Waals surface area contributed by atoms with Gasteiger partial charge >= 0.3 is 0 Å². The third kappa shape index (κ3) is 10.8. The topological polar surface area (TPSA) is 43.4 Å². The van der Waals surface area contributed by atoms with E-state index in [2.05, 4.69) is 4.39 Å².